The predicted molar refractivity (Wildman–Crippen MR) is 133 cm³/mol. The molecular weight excluding hydrogens is 466 g/mol. The highest BCUT2D eigenvalue weighted by Gasteiger charge is 2.26. The van der Waals surface area contributed by atoms with E-state index in [-0.39, 0.29) is 16.9 Å². The highest BCUT2D eigenvalue weighted by atomic mass is 32.2. The SMILES string of the molecule is Cn1c(=O)oc2cc(S(=O)(=O)N[C@H](Cc3ccccc3)C(=O)NCCCc3ccccc3)ccc21. The normalized spacial score (nSPS) is 12.5. The molecule has 9 heteroatoms. The van der Waals surface area contributed by atoms with Crippen LogP contribution in [0.5, 0.6) is 0 Å². The van der Waals surface area contributed by atoms with Crippen molar-refractivity contribution in [1.29, 1.82) is 0 Å². The lowest BCUT2D eigenvalue weighted by molar-refractivity contribution is -0.122. The summed E-state index contributed by atoms with van der Waals surface area (Å²) in [4.78, 5) is 24.7. The van der Waals surface area contributed by atoms with E-state index in [0.717, 1.165) is 18.4 Å². The van der Waals surface area contributed by atoms with Gasteiger partial charge >= 0.3 is 5.76 Å². The van der Waals surface area contributed by atoms with Crippen molar-refractivity contribution in [2.75, 3.05) is 6.54 Å². The van der Waals surface area contributed by atoms with Crippen LogP contribution in [0.3, 0.4) is 0 Å². The van der Waals surface area contributed by atoms with Crippen molar-refractivity contribution in [2.24, 2.45) is 7.05 Å². The van der Waals surface area contributed by atoms with Gasteiger partial charge in [-0.05, 0) is 42.5 Å². The Kier molecular flexibility index (Phi) is 7.48. The molecule has 0 radical (unpaired) electrons. The number of oxazole rings is 1. The summed E-state index contributed by atoms with van der Waals surface area (Å²) in [5.74, 6) is -0.989. The number of benzene rings is 3. The van der Waals surface area contributed by atoms with Gasteiger partial charge in [0.25, 0.3) is 0 Å². The Morgan fingerprint density at radius 3 is 2.31 bits per heavy atom. The van der Waals surface area contributed by atoms with Crippen LogP contribution >= 0.6 is 0 Å². The Hall–Kier alpha value is -3.69. The fourth-order valence-corrected chi connectivity index (χ4v) is 5.06. The first-order valence-corrected chi connectivity index (χ1v) is 12.8. The van der Waals surface area contributed by atoms with Crippen LogP contribution in [0.1, 0.15) is 17.5 Å². The standard InChI is InChI=1S/C26H27N3O5S/c1-29-23-15-14-21(18-24(23)34-26(29)31)35(32,33)28-22(17-20-11-6-3-7-12-20)25(30)27-16-8-13-19-9-4-2-5-10-19/h2-7,9-12,14-15,18,22,28H,8,13,16-17H2,1H3,(H,27,30)/t22-/m1/s1. The molecule has 0 aliphatic heterocycles. The van der Waals surface area contributed by atoms with Gasteiger partial charge in [-0.15, -0.1) is 0 Å². The van der Waals surface area contributed by atoms with E-state index >= 15 is 0 Å². The second-order valence-corrected chi connectivity index (χ2v) is 10.0. The van der Waals surface area contributed by atoms with Gasteiger partial charge in [-0.3, -0.25) is 9.36 Å². The zero-order valence-corrected chi connectivity index (χ0v) is 20.1. The van der Waals surface area contributed by atoms with Crippen molar-refractivity contribution in [3.05, 3.63) is 101 Å². The van der Waals surface area contributed by atoms with Gasteiger partial charge < -0.3 is 9.73 Å². The zero-order valence-electron chi connectivity index (χ0n) is 19.3. The van der Waals surface area contributed by atoms with Crippen molar-refractivity contribution in [3.63, 3.8) is 0 Å². The number of sulfonamides is 1. The van der Waals surface area contributed by atoms with E-state index in [4.69, 9.17) is 4.42 Å². The molecular formula is C26H27N3O5S. The molecule has 0 saturated heterocycles. The number of hydrogen-bond donors (Lipinski definition) is 2. The van der Waals surface area contributed by atoms with E-state index in [1.54, 1.807) is 7.05 Å². The molecule has 0 unspecified atom stereocenters. The maximum Gasteiger partial charge on any atom is 0.419 e. The molecule has 0 aliphatic carbocycles. The molecule has 0 aliphatic rings. The van der Waals surface area contributed by atoms with Gasteiger partial charge in [0.15, 0.2) is 5.58 Å². The molecule has 1 aromatic heterocycles. The molecule has 35 heavy (non-hydrogen) atoms. The Labute approximate surface area is 203 Å². The number of carbonyl (C=O) groups excluding carboxylic acids is 1. The summed E-state index contributed by atoms with van der Waals surface area (Å²) in [6.07, 6.45) is 1.72. The lowest BCUT2D eigenvalue weighted by Crippen LogP contribution is -2.48. The minimum Gasteiger partial charge on any atom is -0.408 e. The number of aryl methyl sites for hydroxylation is 2. The molecule has 4 aromatic rings. The number of hydrogen-bond acceptors (Lipinski definition) is 5. The van der Waals surface area contributed by atoms with Gasteiger partial charge in [0.2, 0.25) is 15.9 Å². The van der Waals surface area contributed by atoms with Crippen LogP contribution in [0, 0.1) is 0 Å². The zero-order chi connectivity index (χ0) is 24.8. The van der Waals surface area contributed by atoms with E-state index in [1.807, 2.05) is 60.7 Å². The van der Waals surface area contributed by atoms with Crippen molar-refractivity contribution >= 4 is 27.0 Å². The van der Waals surface area contributed by atoms with Crippen LogP contribution in [0.25, 0.3) is 11.1 Å². The third-order valence-corrected chi connectivity index (χ3v) is 7.22. The van der Waals surface area contributed by atoms with Crippen LogP contribution in [0.4, 0.5) is 0 Å². The number of fused-ring (bicyclic) bond motifs is 1. The molecule has 0 fully saturated rings. The fraction of sp³-hybridized carbons (Fsp3) is 0.231. The summed E-state index contributed by atoms with van der Waals surface area (Å²) in [5.41, 5.74) is 2.63. The van der Waals surface area contributed by atoms with Crippen molar-refractivity contribution in [2.45, 2.75) is 30.2 Å². The average Bonchev–Trinajstić information content (AvgIpc) is 3.15. The average molecular weight is 494 g/mol. The number of nitrogens with one attached hydrogen (secondary N) is 2. The summed E-state index contributed by atoms with van der Waals surface area (Å²) >= 11 is 0. The van der Waals surface area contributed by atoms with Crippen LogP contribution in [0.15, 0.2) is 93.0 Å². The molecule has 4 rings (SSSR count). The number of amides is 1. The molecule has 182 valence electrons. The molecule has 3 aromatic carbocycles. The van der Waals surface area contributed by atoms with E-state index in [2.05, 4.69) is 10.0 Å². The van der Waals surface area contributed by atoms with E-state index in [0.29, 0.717) is 12.1 Å². The second-order valence-electron chi connectivity index (χ2n) is 8.30. The number of rotatable bonds is 10. The predicted octanol–water partition coefficient (Wildman–Crippen LogP) is 2.77. The van der Waals surface area contributed by atoms with Crippen LogP contribution in [-0.2, 0) is 34.7 Å². The van der Waals surface area contributed by atoms with Crippen LogP contribution in [0.2, 0.25) is 0 Å². The smallest absolute Gasteiger partial charge is 0.408 e. The first-order valence-electron chi connectivity index (χ1n) is 11.3. The minimum atomic E-state index is -4.08. The maximum atomic E-state index is 13.2. The molecule has 0 spiro atoms. The van der Waals surface area contributed by atoms with Gasteiger partial charge in [0, 0.05) is 19.7 Å². The summed E-state index contributed by atoms with van der Waals surface area (Å²) in [7, 11) is -2.54. The molecule has 0 saturated carbocycles. The fourth-order valence-electron chi connectivity index (χ4n) is 3.85. The minimum absolute atomic E-state index is 0.0886. The van der Waals surface area contributed by atoms with Gasteiger partial charge in [-0.2, -0.15) is 4.72 Å². The molecule has 1 atom stereocenters. The van der Waals surface area contributed by atoms with Crippen molar-refractivity contribution in [3.8, 4) is 0 Å². The Balaban J connectivity index is 1.49. The van der Waals surface area contributed by atoms with Gasteiger partial charge in [-0.1, -0.05) is 60.7 Å². The monoisotopic (exact) mass is 493 g/mol. The lowest BCUT2D eigenvalue weighted by Gasteiger charge is -2.19. The number of carbonyl (C=O) groups is 1. The van der Waals surface area contributed by atoms with E-state index in [9.17, 15) is 18.0 Å². The van der Waals surface area contributed by atoms with Gasteiger partial charge in [-0.25, -0.2) is 13.2 Å². The van der Waals surface area contributed by atoms with Crippen molar-refractivity contribution in [1.82, 2.24) is 14.6 Å². The molecule has 2 N–H and O–H groups in total. The maximum absolute atomic E-state index is 13.2. The van der Waals surface area contributed by atoms with Gasteiger partial charge in [0.05, 0.1) is 10.4 Å². The largest absolute Gasteiger partial charge is 0.419 e. The summed E-state index contributed by atoms with van der Waals surface area (Å²) in [6.45, 7) is 0.419. The first kappa shape index (κ1) is 24.4. The van der Waals surface area contributed by atoms with Gasteiger partial charge in [0.1, 0.15) is 6.04 Å². The topological polar surface area (TPSA) is 110 Å². The third-order valence-electron chi connectivity index (χ3n) is 5.75. The lowest BCUT2D eigenvalue weighted by atomic mass is 10.1. The summed E-state index contributed by atoms with van der Waals surface area (Å²) in [6, 6.07) is 22.3. The van der Waals surface area contributed by atoms with E-state index in [1.165, 1.54) is 28.3 Å². The van der Waals surface area contributed by atoms with Crippen LogP contribution < -0.4 is 15.8 Å². The number of aromatic nitrogens is 1. The quantitative estimate of drug-likeness (QED) is 0.330. The highest BCUT2D eigenvalue weighted by molar-refractivity contribution is 7.89. The Morgan fingerprint density at radius 2 is 1.63 bits per heavy atom. The number of nitrogens with zero attached hydrogens (tertiary/aromatic N) is 1. The van der Waals surface area contributed by atoms with Crippen LogP contribution in [-0.4, -0.2) is 31.5 Å². The molecule has 8 nitrogen and oxygen atoms in total. The Morgan fingerprint density at radius 1 is 0.971 bits per heavy atom. The highest BCUT2D eigenvalue weighted by Crippen LogP contribution is 2.19. The molecule has 1 amide bonds. The molecule has 1 heterocycles. The molecule has 0 bridgehead atoms. The second kappa shape index (κ2) is 10.7. The van der Waals surface area contributed by atoms with Crippen molar-refractivity contribution < 1.29 is 17.6 Å². The summed E-state index contributed by atoms with van der Waals surface area (Å²) in [5, 5.41) is 2.86. The van der Waals surface area contributed by atoms with E-state index < -0.39 is 27.7 Å². The Bertz CT molecular complexity index is 1460. The summed E-state index contributed by atoms with van der Waals surface area (Å²) < 4.78 is 35.3. The third kappa shape index (κ3) is 6.06. The first-order chi connectivity index (χ1) is 16.8.